The summed E-state index contributed by atoms with van der Waals surface area (Å²) in [6, 6.07) is 16.6. The lowest BCUT2D eigenvalue weighted by molar-refractivity contribution is -0.929. The third kappa shape index (κ3) is 4.18. The number of thioether (sulfide) groups is 1. The van der Waals surface area contributed by atoms with Gasteiger partial charge in [-0.2, -0.15) is 0 Å². The van der Waals surface area contributed by atoms with Crippen LogP contribution in [0.3, 0.4) is 0 Å². The number of quaternary nitrogens is 1. The van der Waals surface area contributed by atoms with Gasteiger partial charge in [0.05, 0.1) is 22.4 Å². The van der Waals surface area contributed by atoms with E-state index in [2.05, 4.69) is 23.5 Å². The summed E-state index contributed by atoms with van der Waals surface area (Å²) < 4.78 is 1.23. The van der Waals surface area contributed by atoms with Crippen LogP contribution in [0.4, 0.5) is 5.69 Å². The number of carbonyl (C=O) groups is 1. The third-order valence-corrected chi connectivity index (χ3v) is 7.06. The second-order valence-electron chi connectivity index (χ2n) is 6.90. The number of rotatable bonds is 5. The van der Waals surface area contributed by atoms with E-state index in [0.29, 0.717) is 12.6 Å². The molecule has 6 heteroatoms. The Morgan fingerprint density at radius 2 is 2.04 bits per heavy atom. The van der Waals surface area contributed by atoms with Crippen LogP contribution in [0, 0.1) is 0 Å². The number of piperidine rings is 1. The fourth-order valence-electron chi connectivity index (χ4n) is 3.78. The molecule has 0 radical (unpaired) electrons. The van der Waals surface area contributed by atoms with Crippen molar-refractivity contribution >= 4 is 44.9 Å². The minimum atomic E-state index is 0.0829. The van der Waals surface area contributed by atoms with E-state index >= 15 is 0 Å². The van der Waals surface area contributed by atoms with Crippen molar-refractivity contribution in [2.24, 2.45) is 0 Å². The van der Waals surface area contributed by atoms with Crippen molar-refractivity contribution in [1.82, 2.24) is 4.98 Å². The average molecular weight is 399 g/mol. The highest BCUT2D eigenvalue weighted by Gasteiger charge is 2.32. The molecule has 1 unspecified atom stereocenters. The van der Waals surface area contributed by atoms with Gasteiger partial charge in [0.2, 0.25) is 0 Å². The molecule has 0 aliphatic carbocycles. The molecule has 0 saturated carbocycles. The van der Waals surface area contributed by atoms with Crippen molar-refractivity contribution in [2.45, 2.75) is 30.2 Å². The van der Waals surface area contributed by atoms with Crippen molar-refractivity contribution in [1.29, 1.82) is 0 Å². The summed E-state index contributed by atoms with van der Waals surface area (Å²) in [5, 5.41) is 4.28. The van der Waals surface area contributed by atoms with E-state index in [1.807, 2.05) is 36.6 Å². The highest BCUT2D eigenvalue weighted by molar-refractivity contribution is 7.98. The number of amides is 1. The Labute approximate surface area is 168 Å². The number of fused-ring (bicyclic) bond motifs is 1. The van der Waals surface area contributed by atoms with Crippen LogP contribution in [-0.4, -0.2) is 30.2 Å². The van der Waals surface area contributed by atoms with Gasteiger partial charge in [0.25, 0.3) is 5.91 Å². The van der Waals surface area contributed by atoms with Crippen molar-refractivity contribution in [3.8, 4) is 0 Å². The van der Waals surface area contributed by atoms with Gasteiger partial charge in [-0.1, -0.05) is 24.3 Å². The van der Waals surface area contributed by atoms with Crippen LogP contribution in [0.15, 0.2) is 53.4 Å². The topological polar surface area (TPSA) is 46.4 Å². The van der Waals surface area contributed by atoms with Gasteiger partial charge in [-0.3, -0.25) is 4.79 Å². The molecule has 2 aromatic carbocycles. The van der Waals surface area contributed by atoms with Crippen LogP contribution in [0.2, 0.25) is 0 Å². The van der Waals surface area contributed by atoms with Crippen LogP contribution in [0.25, 0.3) is 10.2 Å². The second kappa shape index (κ2) is 8.42. The molecule has 1 fully saturated rings. The Morgan fingerprint density at radius 1 is 1.22 bits per heavy atom. The Hall–Kier alpha value is -1.89. The van der Waals surface area contributed by atoms with Crippen LogP contribution >= 0.6 is 23.1 Å². The maximum Gasteiger partial charge on any atom is 0.279 e. The van der Waals surface area contributed by atoms with E-state index in [1.165, 1.54) is 27.4 Å². The molecule has 140 valence electrons. The lowest BCUT2D eigenvalue weighted by Gasteiger charge is -2.30. The molecule has 3 aromatic rings. The monoisotopic (exact) mass is 398 g/mol. The number of hydrogen-bond donors (Lipinski definition) is 2. The van der Waals surface area contributed by atoms with Gasteiger partial charge < -0.3 is 10.2 Å². The van der Waals surface area contributed by atoms with Gasteiger partial charge in [-0.05, 0) is 43.4 Å². The average Bonchev–Trinajstić information content (AvgIpc) is 3.13. The molecule has 27 heavy (non-hydrogen) atoms. The van der Waals surface area contributed by atoms with E-state index in [4.69, 9.17) is 4.98 Å². The second-order valence-corrected chi connectivity index (χ2v) is 8.81. The third-order valence-electron chi connectivity index (χ3n) is 5.11. The minimum absolute atomic E-state index is 0.0829. The van der Waals surface area contributed by atoms with Crippen molar-refractivity contribution in [2.75, 3.05) is 24.7 Å². The number of carbonyl (C=O) groups excluding carboxylic acids is 1. The summed E-state index contributed by atoms with van der Waals surface area (Å²) in [5.41, 5.74) is 1.98. The molecule has 1 aliphatic rings. The maximum atomic E-state index is 12.7. The number of nitrogens with one attached hydrogen (secondary N) is 2. The number of nitrogens with zero attached hydrogens (tertiary/aromatic N) is 1. The molecule has 0 spiro atoms. The van der Waals surface area contributed by atoms with Crippen molar-refractivity contribution in [3.05, 3.63) is 53.5 Å². The number of anilines is 1. The quantitative estimate of drug-likeness (QED) is 0.643. The zero-order valence-corrected chi connectivity index (χ0v) is 17.0. The molecule has 2 N–H and O–H groups in total. The molecule has 0 bridgehead atoms. The molecule has 4 rings (SSSR count). The van der Waals surface area contributed by atoms with Crippen LogP contribution in [0.5, 0.6) is 0 Å². The predicted octanol–water partition coefficient (Wildman–Crippen LogP) is 3.77. The van der Waals surface area contributed by atoms with Gasteiger partial charge >= 0.3 is 0 Å². The van der Waals surface area contributed by atoms with Gasteiger partial charge in [-0.25, -0.2) is 4.98 Å². The zero-order chi connectivity index (χ0) is 18.6. The first-order chi connectivity index (χ1) is 13.2. The molecule has 2 heterocycles. The lowest BCUT2D eigenvalue weighted by atomic mass is 10.0. The summed E-state index contributed by atoms with van der Waals surface area (Å²) >= 11 is 3.43. The molecule has 2 atom stereocenters. The first-order valence-electron chi connectivity index (χ1n) is 9.37. The van der Waals surface area contributed by atoms with E-state index < -0.39 is 0 Å². The number of benzene rings is 2. The highest BCUT2D eigenvalue weighted by Crippen LogP contribution is 2.29. The molecular formula is C21H24N3OS2+. The van der Waals surface area contributed by atoms with Crippen LogP contribution in [0.1, 0.15) is 30.3 Å². The first kappa shape index (κ1) is 18.5. The zero-order valence-electron chi connectivity index (χ0n) is 15.4. The van der Waals surface area contributed by atoms with Gasteiger partial charge in [0.15, 0.2) is 11.6 Å². The van der Waals surface area contributed by atoms with Crippen molar-refractivity contribution < 1.29 is 9.69 Å². The molecule has 1 aromatic heterocycles. The Balaban J connectivity index is 1.49. The van der Waals surface area contributed by atoms with Gasteiger partial charge in [-0.15, -0.1) is 23.1 Å². The fraction of sp³-hybridized carbons (Fsp3) is 0.333. The standard InChI is InChI=1S/C21H23N3OS2/c1-26-18-11-4-2-8-15(18)22-20(25)14-24-13-7-6-10-17(24)21-23-16-9-3-5-12-19(16)27-21/h2-5,8-9,11-12,17H,6-7,10,13-14H2,1H3,(H,22,25)/p+1/t17-/m1/s1. The molecule has 4 nitrogen and oxygen atoms in total. The van der Waals surface area contributed by atoms with Crippen LogP contribution in [-0.2, 0) is 4.79 Å². The number of thiazole rings is 1. The number of aromatic nitrogens is 1. The van der Waals surface area contributed by atoms with Gasteiger partial charge in [0, 0.05) is 11.3 Å². The number of para-hydroxylation sites is 2. The van der Waals surface area contributed by atoms with Crippen LogP contribution < -0.4 is 10.2 Å². The van der Waals surface area contributed by atoms with Crippen molar-refractivity contribution in [3.63, 3.8) is 0 Å². The summed E-state index contributed by atoms with van der Waals surface area (Å²) in [5.74, 6) is 0.0829. The van der Waals surface area contributed by atoms with E-state index in [0.717, 1.165) is 29.1 Å². The Bertz CT molecular complexity index is 907. The largest absolute Gasteiger partial charge is 0.320 e. The lowest BCUT2D eigenvalue weighted by Crippen LogP contribution is -3.14. The Kier molecular flexibility index (Phi) is 5.76. The predicted molar refractivity (Wildman–Crippen MR) is 114 cm³/mol. The smallest absolute Gasteiger partial charge is 0.279 e. The Morgan fingerprint density at radius 3 is 2.89 bits per heavy atom. The fourth-order valence-corrected chi connectivity index (χ4v) is 5.49. The first-order valence-corrected chi connectivity index (χ1v) is 11.4. The summed E-state index contributed by atoms with van der Waals surface area (Å²) in [6.45, 7) is 1.52. The van der Waals surface area contributed by atoms with E-state index in [-0.39, 0.29) is 5.91 Å². The molecular weight excluding hydrogens is 374 g/mol. The normalized spacial score (nSPS) is 19.9. The summed E-state index contributed by atoms with van der Waals surface area (Å²) in [6.07, 6.45) is 5.51. The SMILES string of the molecule is CSc1ccccc1NC(=O)C[NH+]1CCCC[C@@H]1c1nc2ccccc2s1. The molecule has 1 aliphatic heterocycles. The van der Waals surface area contributed by atoms with Gasteiger partial charge in [0.1, 0.15) is 6.04 Å². The number of likely N-dealkylation sites (tertiary alicyclic amines) is 1. The summed E-state index contributed by atoms with van der Waals surface area (Å²) in [7, 11) is 0. The minimum Gasteiger partial charge on any atom is -0.320 e. The maximum absolute atomic E-state index is 12.7. The van der Waals surface area contributed by atoms with E-state index in [1.54, 1.807) is 23.1 Å². The summed E-state index contributed by atoms with van der Waals surface area (Å²) in [4.78, 5) is 20.0. The molecule has 1 saturated heterocycles. The molecule has 1 amide bonds. The number of hydrogen-bond acceptors (Lipinski definition) is 4. The highest BCUT2D eigenvalue weighted by atomic mass is 32.2. The van der Waals surface area contributed by atoms with E-state index in [9.17, 15) is 4.79 Å².